The van der Waals surface area contributed by atoms with Gasteiger partial charge in [-0.05, 0) is 0 Å². The molecule has 0 saturated heterocycles. The van der Waals surface area contributed by atoms with Crippen LogP contribution in [0.5, 0.6) is 0 Å². The molecular weight excluding hydrogens is 379 g/mol. The predicted molar refractivity (Wildman–Crippen MR) is 56.7 cm³/mol. The topological polar surface area (TPSA) is 0 Å². The van der Waals surface area contributed by atoms with Gasteiger partial charge in [-0.25, -0.2) is 6.42 Å². The van der Waals surface area contributed by atoms with Crippen LogP contribution in [0.15, 0.2) is 0 Å². The Bertz CT molecular complexity index is 130. The van der Waals surface area contributed by atoms with E-state index in [4.69, 9.17) is 0 Å². The molecule has 0 rings (SSSR count). The van der Waals surface area contributed by atoms with E-state index in [0.29, 0.717) is 16.7 Å². The molecule has 14 heavy (non-hydrogen) atoms. The Morgan fingerprint density at radius 1 is 1.07 bits per heavy atom. The van der Waals surface area contributed by atoms with Crippen molar-refractivity contribution in [2.45, 2.75) is 48.0 Å². The van der Waals surface area contributed by atoms with Crippen LogP contribution in [0.2, 0.25) is 0 Å². The fraction of sp³-hybridized carbons (Fsp3) is 0.833. The summed E-state index contributed by atoms with van der Waals surface area (Å²) in [6.07, 6.45) is 3.43. The van der Waals surface area contributed by atoms with Crippen molar-refractivity contribution in [3.63, 3.8) is 0 Å². The van der Waals surface area contributed by atoms with Crippen LogP contribution in [-0.2, 0) is 39.6 Å². The van der Waals surface area contributed by atoms with Crippen molar-refractivity contribution in [3.05, 3.63) is 13.3 Å². The summed E-state index contributed by atoms with van der Waals surface area (Å²) in [7, 11) is 0. The maximum atomic E-state index is 4.01. The average molecular weight is 403 g/mol. The summed E-state index contributed by atoms with van der Waals surface area (Å²) in [6, 6.07) is 0. The van der Waals surface area contributed by atoms with Crippen molar-refractivity contribution in [2.75, 3.05) is 0 Å². The summed E-state index contributed by atoms with van der Waals surface area (Å²) in [5.74, 6) is 0.623. The van der Waals surface area contributed by atoms with E-state index in [1.807, 2.05) is 0 Å². The van der Waals surface area contributed by atoms with Crippen LogP contribution in [0.1, 0.15) is 48.0 Å². The minimum absolute atomic E-state index is 0. The first-order chi connectivity index (χ1) is 5.17. The van der Waals surface area contributed by atoms with Gasteiger partial charge in [-0.2, -0.15) is 11.3 Å². The molecule has 0 aliphatic carbocycles. The Hall–Kier alpha value is 1.27. The summed E-state index contributed by atoms with van der Waals surface area (Å²) in [4.78, 5) is 0. The Labute approximate surface area is 117 Å². The second-order valence-electron chi connectivity index (χ2n) is 5.79. The average Bonchev–Trinajstić information content (AvgIpc) is 1.78. The van der Waals surface area contributed by atoms with Crippen LogP contribution in [0, 0.1) is 30.1 Å². The van der Waals surface area contributed by atoms with Crippen molar-refractivity contribution in [3.8, 4) is 0 Å². The van der Waals surface area contributed by atoms with Gasteiger partial charge >= 0.3 is 0 Å². The predicted octanol–water partition coefficient (Wildman–Crippen LogP) is 4.12. The molecule has 0 aromatic heterocycles. The molecule has 0 aliphatic heterocycles. The van der Waals surface area contributed by atoms with Crippen molar-refractivity contribution in [1.29, 1.82) is 0 Å². The molecule has 0 saturated carbocycles. The monoisotopic (exact) mass is 403 g/mol. The zero-order valence-corrected chi connectivity index (χ0v) is 14.8. The first-order valence-electron chi connectivity index (χ1n) is 4.82. The van der Waals surface area contributed by atoms with Gasteiger partial charge in [0, 0.05) is 39.6 Å². The van der Waals surface area contributed by atoms with Gasteiger partial charge in [0.1, 0.15) is 0 Å². The van der Waals surface area contributed by atoms with Gasteiger partial charge in [0.2, 0.25) is 0 Å². The molecule has 85 valence electrons. The Balaban J connectivity index is -0.000000605. The van der Waals surface area contributed by atoms with E-state index < -0.39 is 0 Å². The molecule has 0 heterocycles. The fourth-order valence-corrected chi connectivity index (χ4v) is 1.37. The number of hydrogen-bond acceptors (Lipinski definition) is 0. The van der Waals surface area contributed by atoms with E-state index in [2.05, 4.69) is 54.9 Å². The van der Waals surface area contributed by atoms with E-state index in [0.717, 1.165) is 6.42 Å². The van der Waals surface area contributed by atoms with Crippen LogP contribution in [0.4, 0.5) is 0 Å². The van der Waals surface area contributed by atoms with Gasteiger partial charge in [-0.3, -0.25) is 0 Å². The SMILES string of the molecule is [CH2-]CC([CH-]C(C)(C)C)C(C)(C)C.[V].[W]. The summed E-state index contributed by atoms with van der Waals surface area (Å²) in [5.41, 5.74) is 0.671. The maximum Gasteiger partial charge on any atom is 0 e. The van der Waals surface area contributed by atoms with Crippen LogP contribution in [0.3, 0.4) is 0 Å². The molecule has 0 bridgehead atoms. The van der Waals surface area contributed by atoms with E-state index in [1.165, 1.54) is 0 Å². The summed E-state index contributed by atoms with van der Waals surface area (Å²) in [6.45, 7) is 17.6. The largest absolute Gasteiger partial charge is 0.345 e. The smallest absolute Gasteiger partial charge is 0 e. The maximum absolute atomic E-state index is 4.01. The van der Waals surface area contributed by atoms with Gasteiger partial charge in [-0.15, -0.1) is 0 Å². The van der Waals surface area contributed by atoms with Crippen molar-refractivity contribution in [2.24, 2.45) is 16.7 Å². The van der Waals surface area contributed by atoms with Crippen LogP contribution in [-0.4, -0.2) is 0 Å². The van der Waals surface area contributed by atoms with Crippen molar-refractivity contribution >= 4 is 0 Å². The molecule has 1 unspecified atom stereocenters. The Kier molecular flexibility index (Phi) is 11.1. The molecule has 0 N–H and O–H groups in total. The van der Waals surface area contributed by atoms with Gasteiger partial charge in [0.25, 0.3) is 0 Å². The second-order valence-corrected chi connectivity index (χ2v) is 5.79. The molecule has 0 amide bonds. The zero-order chi connectivity index (χ0) is 9.99. The third kappa shape index (κ3) is 9.81. The quantitative estimate of drug-likeness (QED) is 0.609. The molecule has 1 atom stereocenters. The molecule has 0 aliphatic rings. The van der Waals surface area contributed by atoms with Gasteiger partial charge in [0.15, 0.2) is 0 Å². The molecule has 0 fully saturated rings. The van der Waals surface area contributed by atoms with Gasteiger partial charge < -0.3 is 13.3 Å². The van der Waals surface area contributed by atoms with Crippen molar-refractivity contribution < 1.29 is 39.6 Å². The summed E-state index contributed by atoms with van der Waals surface area (Å²) in [5, 5.41) is 0. The minimum atomic E-state index is 0. The number of rotatable bonds is 2. The molecular formula is C12H24VW-2. The Morgan fingerprint density at radius 3 is 1.50 bits per heavy atom. The molecule has 0 spiro atoms. The fourth-order valence-electron chi connectivity index (χ4n) is 1.37. The number of hydrogen-bond donors (Lipinski definition) is 0. The minimum Gasteiger partial charge on any atom is -0.345 e. The molecule has 0 aromatic carbocycles. The first-order valence-corrected chi connectivity index (χ1v) is 4.82. The van der Waals surface area contributed by atoms with E-state index in [1.54, 1.807) is 0 Å². The van der Waals surface area contributed by atoms with Crippen LogP contribution >= 0.6 is 0 Å². The van der Waals surface area contributed by atoms with Crippen LogP contribution in [0.25, 0.3) is 0 Å². The standard InChI is InChI=1S/C12H24.V.W/c1-8-10(12(5,6)7)9-11(2,3)4;;/h9-10H,1,8H2,2-7H3;;/q-2;;. The summed E-state index contributed by atoms with van der Waals surface area (Å²) >= 11 is 0. The van der Waals surface area contributed by atoms with E-state index in [-0.39, 0.29) is 39.6 Å². The first kappa shape index (κ1) is 20.7. The second kappa shape index (κ2) is 7.53. The van der Waals surface area contributed by atoms with Crippen LogP contribution < -0.4 is 0 Å². The molecule has 2 heteroatoms. The molecule has 0 nitrogen and oxygen atoms in total. The zero-order valence-electron chi connectivity index (χ0n) is 10.4. The van der Waals surface area contributed by atoms with Gasteiger partial charge in [-0.1, -0.05) is 47.0 Å². The van der Waals surface area contributed by atoms with E-state index in [9.17, 15) is 0 Å². The van der Waals surface area contributed by atoms with Gasteiger partial charge in [0.05, 0.1) is 0 Å². The molecule has 1 radical (unpaired) electrons. The molecule has 0 aromatic rings. The third-order valence-electron chi connectivity index (χ3n) is 2.12. The van der Waals surface area contributed by atoms with Crippen molar-refractivity contribution in [1.82, 2.24) is 0 Å². The normalized spacial score (nSPS) is 13.9. The summed E-state index contributed by atoms with van der Waals surface area (Å²) < 4.78 is 0. The van der Waals surface area contributed by atoms with E-state index >= 15 is 0 Å². The Morgan fingerprint density at radius 2 is 1.43 bits per heavy atom. The third-order valence-corrected chi connectivity index (χ3v) is 2.12.